The van der Waals surface area contributed by atoms with Crippen LogP contribution in [0.1, 0.15) is 35.7 Å². The number of aryl methyl sites for hydroxylation is 1. The zero-order valence-corrected chi connectivity index (χ0v) is 21.1. The Hall–Kier alpha value is -2.46. The first-order valence-corrected chi connectivity index (χ1v) is 13.2. The lowest BCUT2D eigenvalue weighted by molar-refractivity contribution is 0.281. The summed E-state index contributed by atoms with van der Waals surface area (Å²) in [6, 6.07) is 12.9. The average molecular weight is 490 g/mol. The molecule has 33 heavy (non-hydrogen) atoms. The standard InChI is InChI=1S/C24H31N3O4S2/c1-5-27(6-2)33(28,29)22-10-7-19(8-11-22)14-25-15-20-9-12-23(24(13-20)30-4)31-16-21-17-32-18(3)26-21/h7-13,17,25H,5-6,14-16H2,1-4H3. The van der Waals surface area contributed by atoms with Crippen molar-refractivity contribution in [2.24, 2.45) is 0 Å². The van der Waals surface area contributed by atoms with Crippen LogP contribution in [0.3, 0.4) is 0 Å². The number of sulfonamides is 1. The van der Waals surface area contributed by atoms with Gasteiger partial charge in [0.1, 0.15) is 6.61 Å². The molecule has 1 N–H and O–H groups in total. The second kappa shape index (κ2) is 11.6. The van der Waals surface area contributed by atoms with Crippen molar-refractivity contribution in [3.63, 3.8) is 0 Å². The van der Waals surface area contributed by atoms with Crippen LogP contribution in [-0.4, -0.2) is 37.9 Å². The maximum absolute atomic E-state index is 12.6. The maximum atomic E-state index is 12.6. The number of ether oxygens (including phenoxy) is 2. The first kappa shape index (κ1) is 25.2. The summed E-state index contributed by atoms with van der Waals surface area (Å²) in [5.74, 6) is 1.35. The van der Waals surface area contributed by atoms with E-state index in [9.17, 15) is 8.42 Å². The highest BCUT2D eigenvalue weighted by Gasteiger charge is 2.21. The van der Waals surface area contributed by atoms with Crippen LogP contribution in [0, 0.1) is 6.92 Å². The van der Waals surface area contributed by atoms with E-state index < -0.39 is 10.0 Å². The molecular weight excluding hydrogens is 458 g/mol. The third-order valence-electron chi connectivity index (χ3n) is 5.19. The SMILES string of the molecule is CCN(CC)S(=O)(=O)c1ccc(CNCc2ccc(OCc3csc(C)n3)c(OC)c2)cc1. The smallest absolute Gasteiger partial charge is 0.243 e. The van der Waals surface area contributed by atoms with Gasteiger partial charge in [-0.1, -0.05) is 32.0 Å². The zero-order chi connectivity index (χ0) is 23.8. The van der Waals surface area contributed by atoms with Gasteiger partial charge in [-0.05, 0) is 42.3 Å². The molecule has 0 aliphatic rings. The molecule has 0 atom stereocenters. The first-order valence-electron chi connectivity index (χ1n) is 10.9. The Kier molecular flexibility index (Phi) is 8.85. The Morgan fingerprint density at radius 2 is 1.67 bits per heavy atom. The molecule has 178 valence electrons. The Balaban J connectivity index is 1.55. The van der Waals surface area contributed by atoms with E-state index in [1.807, 2.05) is 56.5 Å². The third-order valence-corrected chi connectivity index (χ3v) is 8.08. The van der Waals surface area contributed by atoms with Crippen molar-refractivity contribution in [1.29, 1.82) is 0 Å². The predicted octanol–water partition coefficient (Wildman–Crippen LogP) is 4.36. The van der Waals surface area contributed by atoms with Gasteiger partial charge in [0.05, 0.1) is 22.7 Å². The fourth-order valence-corrected chi connectivity index (χ4v) is 5.47. The highest BCUT2D eigenvalue weighted by Crippen LogP contribution is 2.29. The highest BCUT2D eigenvalue weighted by molar-refractivity contribution is 7.89. The molecule has 0 aliphatic carbocycles. The van der Waals surface area contributed by atoms with Crippen molar-refractivity contribution in [3.8, 4) is 11.5 Å². The molecule has 0 saturated carbocycles. The number of nitrogens with one attached hydrogen (secondary N) is 1. The van der Waals surface area contributed by atoms with Crippen LogP contribution in [0.2, 0.25) is 0 Å². The Bertz CT molecular complexity index is 1140. The quantitative estimate of drug-likeness (QED) is 0.407. The number of nitrogens with zero attached hydrogens (tertiary/aromatic N) is 2. The lowest BCUT2D eigenvalue weighted by Crippen LogP contribution is -2.30. The summed E-state index contributed by atoms with van der Waals surface area (Å²) in [6.45, 7) is 8.23. The van der Waals surface area contributed by atoms with Gasteiger partial charge >= 0.3 is 0 Å². The molecule has 9 heteroatoms. The van der Waals surface area contributed by atoms with Crippen molar-refractivity contribution in [2.75, 3.05) is 20.2 Å². The lowest BCUT2D eigenvalue weighted by atomic mass is 10.2. The number of methoxy groups -OCH3 is 1. The van der Waals surface area contributed by atoms with E-state index in [4.69, 9.17) is 9.47 Å². The third kappa shape index (κ3) is 6.54. The Morgan fingerprint density at radius 3 is 2.27 bits per heavy atom. The van der Waals surface area contributed by atoms with E-state index in [0.717, 1.165) is 21.8 Å². The summed E-state index contributed by atoms with van der Waals surface area (Å²) in [6.07, 6.45) is 0. The minimum Gasteiger partial charge on any atom is -0.493 e. The molecule has 0 bridgehead atoms. The summed E-state index contributed by atoms with van der Waals surface area (Å²) in [4.78, 5) is 4.73. The average Bonchev–Trinajstić information content (AvgIpc) is 3.24. The molecule has 0 unspecified atom stereocenters. The number of hydrogen-bond acceptors (Lipinski definition) is 7. The highest BCUT2D eigenvalue weighted by atomic mass is 32.2. The molecule has 0 saturated heterocycles. The number of benzene rings is 2. The topological polar surface area (TPSA) is 80.8 Å². The normalized spacial score (nSPS) is 11.7. The van der Waals surface area contributed by atoms with Crippen molar-refractivity contribution in [1.82, 2.24) is 14.6 Å². The maximum Gasteiger partial charge on any atom is 0.243 e. The van der Waals surface area contributed by atoms with Crippen molar-refractivity contribution >= 4 is 21.4 Å². The molecule has 1 heterocycles. The number of thiazole rings is 1. The van der Waals surface area contributed by atoms with Crippen LogP contribution in [-0.2, 0) is 29.7 Å². The second-order valence-corrected chi connectivity index (χ2v) is 10.5. The number of rotatable bonds is 12. The summed E-state index contributed by atoms with van der Waals surface area (Å²) in [7, 11) is -1.81. The van der Waals surface area contributed by atoms with Crippen molar-refractivity contribution in [2.45, 2.75) is 45.4 Å². The minimum atomic E-state index is -3.43. The Morgan fingerprint density at radius 1 is 1.00 bits per heavy atom. The van der Waals surface area contributed by atoms with E-state index in [0.29, 0.717) is 49.2 Å². The van der Waals surface area contributed by atoms with Gasteiger partial charge in [0, 0.05) is 31.6 Å². The van der Waals surface area contributed by atoms with Gasteiger partial charge in [-0.3, -0.25) is 0 Å². The first-order chi connectivity index (χ1) is 15.9. The van der Waals surface area contributed by atoms with Crippen LogP contribution in [0.25, 0.3) is 0 Å². The van der Waals surface area contributed by atoms with Gasteiger partial charge in [-0.15, -0.1) is 11.3 Å². The molecule has 0 fully saturated rings. The van der Waals surface area contributed by atoms with Crippen LogP contribution in [0.15, 0.2) is 52.7 Å². The molecule has 0 amide bonds. The monoisotopic (exact) mass is 489 g/mol. The lowest BCUT2D eigenvalue weighted by Gasteiger charge is -2.18. The van der Waals surface area contributed by atoms with E-state index in [1.165, 1.54) is 4.31 Å². The van der Waals surface area contributed by atoms with E-state index in [-0.39, 0.29) is 0 Å². The molecule has 2 aromatic carbocycles. The molecule has 3 aromatic rings. The van der Waals surface area contributed by atoms with Gasteiger partial charge < -0.3 is 14.8 Å². The molecule has 1 aromatic heterocycles. The van der Waals surface area contributed by atoms with Gasteiger partial charge in [-0.25, -0.2) is 13.4 Å². The van der Waals surface area contributed by atoms with Crippen LogP contribution < -0.4 is 14.8 Å². The number of hydrogen-bond donors (Lipinski definition) is 1. The molecule has 3 rings (SSSR count). The summed E-state index contributed by atoms with van der Waals surface area (Å²) >= 11 is 1.60. The summed E-state index contributed by atoms with van der Waals surface area (Å²) < 4.78 is 38.0. The second-order valence-electron chi connectivity index (χ2n) is 7.47. The van der Waals surface area contributed by atoms with Gasteiger partial charge in [0.25, 0.3) is 0 Å². The molecule has 7 nitrogen and oxygen atoms in total. The largest absolute Gasteiger partial charge is 0.493 e. The van der Waals surface area contributed by atoms with Crippen LogP contribution in [0.4, 0.5) is 0 Å². The summed E-state index contributed by atoms with van der Waals surface area (Å²) in [5, 5.41) is 6.40. The van der Waals surface area contributed by atoms with Crippen LogP contribution >= 0.6 is 11.3 Å². The van der Waals surface area contributed by atoms with E-state index in [2.05, 4.69) is 10.3 Å². The fraction of sp³-hybridized carbons (Fsp3) is 0.375. The zero-order valence-electron chi connectivity index (χ0n) is 19.5. The fourth-order valence-electron chi connectivity index (χ4n) is 3.41. The predicted molar refractivity (Wildman–Crippen MR) is 131 cm³/mol. The molecule has 0 spiro atoms. The van der Waals surface area contributed by atoms with Gasteiger partial charge in [0.2, 0.25) is 10.0 Å². The number of aromatic nitrogens is 1. The minimum absolute atomic E-state index is 0.322. The van der Waals surface area contributed by atoms with E-state index >= 15 is 0 Å². The molecule has 0 aliphatic heterocycles. The van der Waals surface area contributed by atoms with Crippen molar-refractivity contribution in [3.05, 3.63) is 69.7 Å². The summed E-state index contributed by atoms with van der Waals surface area (Å²) in [5.41, 5.74) is 2.98. The van der Waals surface area contributed by atoms with Crippen molar-refractivity contribution < 1.29 is 17.9 Å². The van der Waals surface area contributed by atoms with Crippen LogP contribution in [0.5, 0.6) is 11.5 Å². The molecule has 0 radical (unpaired) electrons. The van der Waals surface area contributed by atoms with Gasteiger partial charge in [-0.2, -0.15) is 4.31 Å². The Labute approximate surface area is 200 Å². The van der Waals surface area contributed by atoms with Gasteiger partial charge in [0.15, 0.2) is 11.5 Å². The molecular formula is C24H31N3O4S2. The van der Waals surface area contributed by atoms with E-state index in [1.54, 1.807) is 30.6 Å².